The van der Waals surface area contributed by atoms with E-state index in [1.807, 2.05) is 18.2 Å². The van der Waals surface area contributed by atoms with Crippen molar-refractivity contribution in [3.63, 3.8) is 0 Å². The van der Waals surface area contributed by atoms with Crippen LogP contribution in [0.3, 0.4) is 0 Å². The highest BCUT2D eigenvalue weighted by Crippen LogP contribution is 2.17. The standard InChI is InChI=1S/C19H19N3O4/c23-18(14-4-2-1-3-5-14)20-16-10-12-21(13-11-16)19(24)15-6-8-17(9-7-15)22(25)26/h1-9,16H,10-13H2,(H,20,23). The number of nitro groups is 1. The molecular formula is C19H19N3O4. The SMILES string of the molecule is O=C(NC1CCN(C(=O)c2ccc([N+](=O)[O-])cc2)CC1)c1ccccc1. The second-order valence-electron chi connectivity index (χ2n) is 6.21. The molecule has 0 bridgehead atoms. The molecule has 1 heterocycles. The topological polar surface area (TPSA) is 92.6 Å². The van der Waals surface area contributed by atoms with Gasteiger partial charge in [0.05, 0.1) is 4.92 Å². The van der Waals surface area contributed by atoms with Crippen LogP contribution in [0.25, 0.3) is 0 Å². The molecule has 2 aromatic carbocycles. The number of nitrogens with zero attached hydrogens (tertiary/aromatic N) is 2. The van der Waals surface area contributed by atoms with Crippen molar-refractivity contribution >= 4 is 17.5 Å². The summed E-state index contributed by atoms with van der Waals surface area (Å²) >= 11 is 0. The summed E-state index contributed by atoms with van der Waals surface area (Å²) < 4.78 is 0. The first-order valence-corrected chi connectivity index (χ1v) is 8.44. The molecule has 0 unspecified atom stereocenters. The summed E-state index contributed by atoms with van der Waals surface area (Å²) in [6.45, 7) is 1.07. The van der Waals surface area contributed by atoms with E-state index in [0.29, 0.717) is 37.1 Å². The second-order valence-corrected chi connectivity index (χ2v) is 6.21. The Morgan fingerprint density at radius 2 is 1.58 bits per heavy atom. The zero-order valence-electron chi connectivity index (χ0n) is 14.1. The lowest BCUT2D eigenvalue weighted by Gasteiger charge is -2.32. The van der Waals surface area contributed by atoms with Crippen LogP contribution in [-0.2, 0) is 0 Å². The molecule has 0 radical (unpaired) electrons. The summed E-state index contributed by atoms with van der Waals surface area (Å²) in [7, 11) is 0. The third kappa shape index (κ3) is 4.05. The Bertz CT molecular complexity index is 797. The third-order valence-corrected chi connectivity index (χ3v) is 4.48. The molecule has 0 spiro atoms. The van der Waals surface area contributed by atoms with E-state index < -0.39 is 4.92 Å². The van der Waals surface area contributed by atoms with Crippen molar-refractivity contribution in [1.29, 1.82) is 0 Å². The van der Waals surface area contributed by atoms with Crippen LogP contribution in [0.1, 0.15) is 33.6 Å². The first-order valence-electron chi connectivity index (χ1n) is 8.44. The fourth-order valence-corrected chi connectivity index (χ4v) is 2.99. The molecule has 26 heavy (non-hydrogen) atoms. The first kappa shape index (κ1) is 17.6. The normalized spacial score (nSPS) is 14.7. The van der Waals surface area contributed by atoms with E-state index >= 15 is 0 Å². The molecule has 3 rings (SSSR count). The number of benzene rings is 2. The molecule has 1 aliphatic heterocycles. The van der Waals surface area contributed by atoms with Crippen LogP contribution in [-0.4, -0.2) is 40.8 Å². The molecular weight excluding hydrogens is 334 g/mol. The van der Waals surface area contributed by atoms with Crippen LogP contribution in [0, 0.1) is 10.1 Å². The number of rotatable bonds is 4. The van der Waals surface area contributed by atoms with E-state index in [9.17, 15) is 19.7 Å². The van der Waals surface area contributed by atoms with Gasteiger partial charge in [-0.2, -0.15) is 0 Å². The average molecular weight is 353 g/mol. The monoisotopic (exact) mass is 353 g/mol. The van der Waals surface area contributed by atoms with Gasteiger partial charge in [-0.3, -0.25) is 19.7 Å². The van der Waals surface area contributed by atoms with Crippen molar-refractivity contribution in [2.45, 2.75) is 18.9 Å². The molecule has 1 N–H and O–H groups in total. The maximum atomic E-state index is 12.5. The number of piperidine rings is 1. The summed E-state index contributed by atoms with van der Waals surface area (Å²) in [4.78, 5) is 36.6. The van der Waals surface area contributed by atoms with Gasteiger partial charge in [0.1, 0.15) is 0 Å². The van der Waals surface area contributed by atoms with E-state index in [1.54, 1.807) is 17.0 Å². The summed E-state index contributed by atoms with van der Waals surface area (Å²) in [6.07, 6.45) is 1.36. The van der Waals surface area contributed by atoms with Gasteiger partial charge in [0.25, 0.3) is 17.5 Å². The second kappa shape index (κ2) is 7.77. The third-order valence-electron chi connectivity index (χ3n) is 4.48. The number of nitro benzene ring substituents is 1. The lowest BCUT2D eigenvalue weighted by molar-refractivity contribution is -0.384. The van der Waals surface area contributed by atoms with Crippen molar-refractivity contribution < 1.29 is 14.5 Å². The van der Waals surface area contributed by atoms with Gasteiger partial charge in [0.15, 0.2) is 0 Å². The van der Waals surface area contributed by atoms with Gasteiger partial charge in [-0.05, 0) is 37.1 Å². The molecule has 1 aliphatic rings. The van der Waals surface area contributed by atoms with Crippen molar-refractivity contribution in [3.05, 3.63) is 75.8 Å². The number of likely N-dealkylation sites (tertiary alicyclic amines) is 1. The Kier molecular flexibility index (Phi) is 5.26. The highest BCUT2D eigenvalue weighted by Gasteiger charge is 2.25. The minimum Gasteiger partial charge on any atom is -0.349 e. The molecule has 7 heteroatoms. The van der Waals surface area contributed by atoms with E-state index in [4.69, 9.17) is 0 Å². The molecule has 0 saturated carbocycles. The predicted molar refractivity (Wildman–Crippen MR) is 95.9 cm³/mol. The maximum absolute atomic E-state index is 12.5. The fourth-order valence-electron chi connectivity index (χ4n) is 2.99. The van der Waals surface area contributed by atoms with Crippen LogP contribution in [0.2, 0.25) is 0 Å². The molecule has 7 nitrogen and oxygen atoms in total. The number of carbonyl (C=O) groups excluding carboxylic acids is 2. The minimum atomic E-state index is -0.491. The smallest absolute Gasteiger partial charge is 0.269 e. The quantitative estimate of drug-likeness (QED) is 0.675. The van der Waals surface area contributed by atoms with Gasteiger partial charge in [-0.1, -0.05) is 18.2 Å². The fraction of sp³-hybridized carbons (Fsp3) is 0.263. The first-order chi connectivity index (χ1) is 12.5. The minimum absolute atomic E-state index is 0.0311. The zero-order chi connectivity index (χ0) is 18.5. The number of nitrogens with one attached hydrogen (secondary N) is 1. The van der Waals surface area contributed by atoms with Crippen LogP contribution >= 0.6 is 0 Å². The van der Waals surface area contributed by atoms with Crippen molar-refractivity contribution in [2.24, 2.45) is 0 Å². The zero-order valence-corrected chi connectivity index (χ0v) is 14.1. The number of hydrogen-bond donors (Lipinski definition) is 1. The van der Waals surface area contributed by atoms with Crippen LogP contribution in [0.5, 0.6) is 0 Å². The Morgan fingerprint density at radius 1 is 0.962 bits per heavy atom. The predicted octanol–water partition coefficient (Wildman–Crippen LogP) is 2.63. The molecule has 0 atom stereocenters. The van der Waals surface area contributed by atoms with Gasteiger partial charge in [0, 0.05) is 42.4 Å². The number of non-ortho nitro benzene ring substituents is 1. The Hall–Kier alpha value is -3.22. The molecule has 2 amide bonds. The lowest BCUT2D eigenvalue weighted by atomic mass is 10.0. The largest absolute Gasteiger partial charge is 0.349 e. The van der Waals surface area contributed by atoms with E-state index in [-0.39, 0.29) is 23.5 Å². The maximum Gasteiger partial charge on any atom is 0.269 e. The van der Waals surface area contributed by atoms with Crippen molar-refractivity contribution in [1.82, 2.24) is 10.2 Å². The molecule has 0 aliphatic carbocycles. The summed E-state index contributed by atoms with van der Waals surface area (Å²) in [5, 5.41) is 13.7. The number of hydrogen-bond acceptors (Lipinski definition) is 4. The van der Waals surface area contributed by atoms with Gasteiger partial charge in [-0.15, -0.1) is 0 Å². The van der Waals surface area contributed by atoms with Gasteiger partial charge < -0.3 is 10.2 Å². The van der Waals surface area contributed by atoms with E-state index in [0.717, 1.165) is 0 Å². The summed E-state index contributed by atoms with van der Waals surface area (Å²) in [6, 6.07) is 14.7. The molecule has 134 valence electrons. The summed E-state index contributed by atoms with van der Waals surface area (Å²) in [5.74, 6) is -0.251. The van der Waals surface area contributed by atoms with Gasteiger partial charge in [0.2, 0.25) is 0 Å². The highest BCUT2D eigenvalue weighted by molar-refractivity contribution is 5.95. The lowest BCUT2D eigenvalue weighted by Crippen LogP contribution is -2.46. The Balaban J connectivity index is 1.54. The highest BCUT2D eigenvalue weighted by atomic mass is 16.6. The molecule has 1 fully saturated rings. The van der Waals surface area contributed by atoms with Crippen molar-refractivity contribution in [3.8, 4) is 0 Å². The average Bonchev–Trinajstić information content (AvgIpc) is 2.69. The van der Waals surface area contributed by atoms with Crippen LogP contribution in [0.4, 0.5) is 5.69 Å². The molecule has 2 aromatic rings. The molecule has 0 aromatic heterocycles. The van der Waals surface area contributed by atoms with Gasteiger partial charge in [-0.25, -0.2) is 0 Å². The van der Waals surface area contributed by atoms with Gasteiger partial charge >= 0.3 is 0 Å². The number of amides is 2. The molecule has 1 saturated heterocycles. The Labute approximate surface area is 150 Å². The van der Waals surface area contributed by atoms with E-state index in [1.165, 1.54) is 24.3 Å². The van der Waals surface area contributed by atoms with Crippen LogP contribution < -0.4 is 5.32 Å². The number of carbonyl (C=O) groups is 2. The van der Waals surface area contributed by atoms with Crippen molar-refractivity contribution in [2.75, 3.05) is 13.1 Å². The summed E-state index contributed by atoms with van der Waals surface area (Å²) in [5.41, 5.74) is 1.02. The Morgan fingerprint density at radius 3 is 2.15 bits per heavy atom. The van der Waals surface area contributed by atoms with Crippen LogP contribution in [0.15, 0.2) is 54.6 Å². The van der Waals surface area contributed by atoms with E-state index in [2.05, 4.69) is 5.32 Å².